The standard InChI is InChI=1S/C10H10N2O2/c11-5-9-2-1-8(6-12-9)10-7-13-3-4-14-10/h1-2,6,10H,3-4,7H2. The predicted octanol–water partition coefficient (Wildman–Crippen LogP) is 1.04. The summed E-state index contributed by atoms with van der Waals surface area (Å²) in [5.74, 6) is 0. The zero-order chi connectivity index (χ0) is 9.80. The summed E-state index contributed by atoms with van der Waals surface area (Å²) in [6, 6.07) is 5.51. The van der Waals surface area contributed by atoms with E-state index < -0.39 is 0 Å². The first kappa shape index (κ1) is 9.13. The van der Waals surface area contributed by atoms with Crippen molar-refractivity contribution < 1.29 is 9.47 Å². The molecule has 0 aliphatic carbocycles. The van der Waals surface area contributed by atoms with Gasteiger partial charge < -0.3 is 9.47 Å². The average Bonchev–Trinajstić information content (AvgIpc) is 2.30. The van der Waals surface area contributed by atoms with Crippen molar-refractivity contribution in [1.29, 1.82) is 5.26 Å². The fraction of sp³-hybridized carbons (Fsp3) is 0.400. The smallest absolute Gasteiger partial charge is 0.140 e. The van der Waals surface area contributed by atoms with Crippen molar-refractivity contribution in [2.24, 2.45) is 0 Å². The van der Waals surface area contributed by atoms with Gasteiger partial charge in [-0.25, -0.2) is 4.98 Å². The molecule has 0 bridgehead atoms. The van der Waals surface area contributed by atoms with Gasteiger partial charge >= 0.3 is 0 Å². The fourth-order valence-electron chi connectivity index (χ4n) is 1.34. The zero-order valence-electron chi connectivity index (χ0n) is 7.64. The van der Waals surface area contributed by atoms with E-state index in [2.05, 4.69) is 4.98 Å². The molecule has 1 fully saturated rings. The highest BCUT2D eigenvalue weighted by atomic mass is 16.6. The van der Waals surface area contributed by atoms with Gasteiger partial charge in [0.2, 0.25) is 0 Å². The molecule has 72 valence electrons. The molecule has 0 spiro atoms. The number of pyridine rings is 1. The van der Waals surface area contributed by atoms with E-state index in [-0.39, 0.29) is 6.10 Å². The summed E-state index contributed by atoms with van der Waals surface area (Å²) in [6.07, 6.45) is 1.63. The third kappa shape index (κ3) is 1.90. The van der Waals surface area contributed by atoms with Crippen molar-refractivity contribution >= 4 is 0 Å². The first-order chi connectivity index (χ1) is 6.90. The summed E-state index contributed by atoms with van der Waals surface area (Å²) in [4.78, 5) is 3.98. The molecule has 0 amide bonds. The first-order valence-corrected chi connectivity index (χ1v) is 4.45. The minimum absolute atomic E-state index is 0.0380. The number of nitriles is 1. The van der Waals surface area contributed by atoms with Crippen LogP contribution in [0.4, 0.5) is 0 Å². The van der Waals surface area contributed by atoms with Gasteiger partial charge in [-0.3, -0.25) is 0 Å². The molecule has 0 radical (unpaired) electrons. The van der Waals surface area contributed by atoms with E-state index in [4.69, 9.17) is 14.7 Å². The summed E-state index contributed by atoms with van der Waals surface area (Å²) >= 11 is 0. The molecule has 1 unspecified atom stereocenters. The molecule has 1 saturated heterocycles. The summed E-state index contributed by atoms with van der Waals surface area (Å²) in [5.41, 5.74) is 1.38. The SMILES string of the molecule is N#Cc1ccc(C2COCCO2)cn1. The van der Waals surface area contributed by atoms with Crippen LogP contribution in [0.2, 0.25) is 0 Å². The molecule has 0 N–H and O–H groups in total. The van der Waals surface area contributed by atoms with Gasteiger partial charge in [-0.1, -0.05) is 6.07 Å². The van der Waals surface area contributed by atoms with Crippen molar-refractivity contribution in [2.75, 3.05) is 19.8 Å². The second kappa shape index (κ2) is 4.18. The van der Waals surface area contributed by atoms with Crippen LogP contribution in [0.3, 0.4) is 0 Å². The molecule has 4 nitrogen and oxygen atoms in total. The third-order valence-electron chi connectivity index (χ3n) is 2.09. The molecule has 1 aromatic heterocycles. The second-order valence-electron chi connectivity index (χ2n) is 3.02. The molecule has 1 aliphatic rings. The summed E-state index contributed by atoms with van der Waals surface area (Å²) in [5, 5.41) is 8.57. The van der Waals surface area contributed by atoms with E-state index in [1.807, 2.05) is 12.1 Å². The minimum Gasteiger partial charge on any atom is -0.376 e. The Balaban J connectivity index is 2.12. The Bertz CT molecular complexity index is 336. The van der Waals surface area contributed by atoms with Gasteiger partial charge in [-0.05, 0) is 6.07 Å². The Morgan fingerprint density at radius 2 is 2.36 bits per heavy atom. The van der Waals surface area contributed by atoms with E-state index >= 15 is 0 Å². The van der Waals surface area contributed by atoms with Crippen LogP contribution < -0.4 is 0 Å². The van der Waals surface area contributed by atoms with E-state index in [9.17, 15) is 0 Å². The Morgan fingerprint density at radius 3 is 2.93 bits per heavy atom. The number of ether oxygens (including phenoxy) is 2. The fourth-order valence-corrected chi connectivity index (χ4v) is 1.34. The monoisotopic (exact) mass is 190 g/mol. The van der Waals surface area contributed by atoms with Gasteiger partial charge in [0.25, 0.3) is 0 Å². The molecule has 0 aromatic carbocycles. The number of nitrogens with zero attached hydrogens (tertiary/aromatic N) is 2. The van der Waals surface area contributed by atoms with Gasteiger partial charge in [0.1, 0.15) is 17.9 Å². The average molecular weight is 190 g/mol. The third-order valence-corrected chi connectivity index (χ3v) is 2.09. The Labute approximate surface area is 82.1 Å². The lowest BCUT2D eigenvalue weighted by Gasteiger charge is -2.22. The van der Waals surface area contributed by atoms with E-state index in [0.717, 1.165) is 5.56 Å². The maximum Gasteiger partial charge on any atom is 0.140 e. The molecule has 1 atom stereocenters. The highest BCUT2D eigenvalue weighted by Crippen LogP contribution is 2.19. The van der Waals surface area contributed by atoms with Crippen LogP contribution in [0.15, 0.2) is 18.3 Å². The summed E-state index contributed by atoms with van der Waals surface area (Å²) < 4.78 is 10.8. The van der Waals surface area contributed by atoms with Crippen LogP contribution in [-0.4, -0.2) is 24.8 Å². The first-order valence-electron chi connectivity index (χ1n) is 4.45. The molecule has 14 heavy (non-hydrogen) atoms. The number of hydrogen-bond acceptors (Lipinski definition) is 4. The van der Waals surface area contributed by atoms with Crippen LogP contribution in [0.5, 0.6) is 0 Å². The van der Waals surface area contributed by atoms with Crippen LogP contribution in [-0.2, 0) is 9.47 Å². The predicted molar refractivity (Wildman–Crippen MR) is 48.5 cm³/mol. The lowest BCUT2D eigenvalue weighted by molar-refractivity contribution is -0.0902. The molecular weight excluding hydrogens is 180 g/mol. The van der Waals surface area contributed by atoms with Crippen molar-refractivity contribution in [3.63, 3.8) is 0 Å². The molecule has 1 aliphatic heterocycles. The van der Waals surface area contributed by atoms with Crippen LogP contribution >= 0.6 is 0 Å². The topological polar surface area (TPSA) is 55.1 Å². The highest BCUT2D eigenvalue weighted by molar-refractivity contribution is 5.24. The maximum atomic E-state index is 8.57. The second-order valence-corrected chi connectivity index (χ2v) is 3.02. The Hall–Kier alpha value is -1.44. The van der Waals surface area contributed by atoms with Crippen molar-refractivity contribution in [1.82, 2.24) is 4.98 Å². The quantitative estimate of drug-likeness (QED) is 0.664. The molecule has 0 saturated carbocycles. The Kier molecular flexibility index (Phi) is 2.73. The summed E-state index contributed by atoms with van der Waals surface area (Å²) in [6.45, 7) is 1.83. The minimum atomic E-state index is -0.0380. The summed E-state index contributed by atoms with van der Waals surface area (Å²) in [7, 11) is 0. The molecule has 2 heterocycles. The lowest BCUT2D eigenvalue weighted by atomic mass is 10.1. The molecule has 1 aromatic rings. The van der Waals surface area contributed by atoms with E-state index in [1.165, 1.54) is 0 Å². The van der Waals surface area contributed by atoms with E-state index in [0.29, 0.717) is 25.5 Å². The number of rotatable bonds is 1. The zero-order valence-corrected chi connectivity index (χ0v) is 7.64. The van der Waals surface area contributed by atoms with Gasteiger partial charge in [-0.2, -0.15) is 5.26 Å². The maximum absolute atomic E-state index is 8.57. The van der Waals surface area contributed by atoms with Crippen LogP contribution in [0, 0.1) is 11.3 Å². The van der Waals surface area contributed by atoms with Crippen molar-refractivity contribution in [3.8, 4) is 6.07 Å². The normalized spacial score (nSPS) is 21.5. The molecule has 2 rings (SSSR count). The van der Waals surface area contributed by atoms with Gasteiger partial charge in [0.05, 0.1) is 19.8 Å². The van der Waals surface area contributed by atoms with Crippen molar-refractivity contribution in [2.45, 2.75) is 6.10 Å². The number of hydrogen-bond donors (Lipinski definition) is 0. The van der Waals surface area contributed by atoms with Crippen LogP contribution in [0.1, 0.15) is 17.4 Å². The lowest BCUT2D eigenvalue weighted by Crippen LogP contribution is -2.21. The molecule has 4 heteroatoms. The van der Waals surface area contributed by atoms with Gasteiger partial charge in [0.15, 0.2) is 0 Å². The van der Waals surface area contributed by atoms with Crippen LogP contribution in [0.25, 0.3) is 0 Å². The van der Waals surface area contributed by atoms with Gasteiger partial charge in [-0.15, -0.1) is 0 Å². The van der Waals surface area contributed by atoms with E-state index in [1.54, 1.807) is 12.3 Å². The van der Waals surface area contributed by atoms with Gasteiger partial charge in [0, 0.05) is 11.8 Å². The number of aromatic nitrogens is 1. The molecular formula is C10H10N2O2. The van der Waals surface area contributed by atoms with Crippen molar-refractivity contribution in [3.05, 3.63) is 29.6 Å². The highest BCUT2D eigenvalue weighted by Gasteiger charge is 2.16. The Morgan fingerprint density at radius 1 is 1.43 bits per heavy atom. The largest absolute Gasteiger partial charge is 0.376 e.